The van der Waals surface area contributed by atoms with Crippen molar-refractivity contribution < 1.29 is 0 Å². The number of hydrogen-bond donors (Lipinski definition) is 2. The molecule has 0 saturated heterocycles. The summed E-state index contributed by atoms with van der Waals surface area (Å²) in [7, 11) is 1.81. The van der Waals surface area contributed by atoms with E-state index in [0.717, 1.165) is 12.1 Å². The lowest BCUT2D eigenvalue weighted by atomic mass is 9.82. The zero-order valence-electron chi connectivity index (χ0n) is 11.8. The molecule has 2 atom stereocenters. The van der Waals surface area contributed by atoms with Crippen LogP contribution in [0.25, 0.3) is 0 Å². The Balaban J connectivity index is 2.87. The van der Waals surface area contributed by atoms with Gasteiger partial charge in [-0.25, -0.2) is 9.97 Å². The van der Waals surface area contributed by atoms with Gasteiger partial charge in [-0.15, -0.1) is 6.58 Å². The molecular formula is C14H24N4. The molecule has 18 heavy (non-hydrogen) atoms. The Hall–Kier alpha value is -1.58. The lowest BCUT2D eigenvalue weighted by molar-refractivity contribution is 0.331. The van der Waals surface area contributed by atoms with Gasteiger partial charge in [0.05, 0.1) is 11.4 Å². The predicted molar refractivity (Wildman–Crippen MR) is 77.4 cm³/mol. The van der Waals surface area contributed by atoms with Crippen molar-refractivity contribution in [3.8, 4) is 0 Å². The summed E-state index contributed by atoms with van der Waals surface area (Å²) in [5.41, 5.74) is 7.61. The van der Waals surface area contributed by atoms with Crippen molar-refractivity contribution in [2.75, 3.05) is 18.1 Å². The molecule has 0 aliphatic heterocycles. The third-order valence-electron chi connectivity index (χ3n) is 3.42. The van der Waals surface area contributed by atoms with Crippen LogP contribution in [0.15, 0.2) is 19.0 Å². The van der Waals surface area contributed by atoms with E-state index in [9.17, 15) is 0 Å². The molecule has 0 aliphatic carbocycles. The molecule has 0 bridgehead atoms. The van der Waals surface area contributed by atoms with E-state index in [1.807, 2.05) is 13.1 Å². The van der Waals surface area contributed by atoms with Crippen LogP contribution in [0.4, 0.5) is 11.5 Å². The van der Waals surface area contributed by atoms with Crippen LogP contribution in [0.3, 0.4) is 0 Å². The van der Waals surface area contributed by atoms with E-state index in [1.54, 1.807) is 6.33 Å². The summed E-state index contributed by atoms with van der Waals surface area (Å²) in [6.07, 6.45) is 4.44. The van der Waals surface area contributed by atoms with Gasteiger partial charge >= 0.3 is 0 Å². The maximum absolute atomic E-state index is 6.05. The maximum Gasteiger partial charge on any atom is 0.152 e. The van der Waals surface area contributed by atoms with Crippen LogP contribution in [-0.2, 0) is 6.42 Å². The van der Waals surface area contributed by atoms with Gasteiger partial charge in [0.2, 0.25) is 0 Å². The van der Waals surface area contributed by atoms with Gasteiger partial charge < -0.3 is 11.1 Å². The molecule has 100 valence electrons. The number of rotatable bonds is 6. The molecule has 2 unspecified atom stereocenters. The van der Waals surface area contributed by atoms with Crippen molar-refractivity contribution in [1.29, 1.82) is 0 Å². The molecule has 4 nitrogen and oxygen atoms in total. The van der Waals surface area contributed by atoms with E-state index >= 15 is 0 Å². The van der Waals surface area contributed by atoms with E-state index < -0.39 is 0 Å². The normalized spacial score (nSPS) is 14.3. The second-order valence-corrected chi connectivity index (χ2v) is 5.07. The van der Waals surface area contributed by atoms with Crippen molar-refractivity contribution in [3.05, 3.63) is 24.7 Å². The summed E-state index contributed by atoms with van der Waals surface area (Å²) in [5.74, 6) is 2.21. The Morgan fingerprint density at radius 3 is 2.56 bits per heavy atom. The number of aromatic nitrogens is 2. The smallest absolute Gasteiger partial charge is 0.152 e. The number of allylic oxidation sites excluding steroid dienone is 1. The fraction of sp³-hybridized carbons (Fsp3) is 0.571. The summed E-state index contributed by atoms with van der Waals surface area (Å²) < 4.78 is 0. The van der Waals surface area contributed by atoms with E-state index in [-0.39, 0.29) is 0 Å². The summed E-state index contributed by atoms with van der Waals surface area (Å²) in [6, 6.07) is 0. The third kappa shape index (κ3) is 3.22. The Bertz CT molecular complexity index is 401. The van der Waals surface area contributed by atoms with Gasteiger partial charge in [0.15, 0.2) is 5.82 Å². The summed E-state index contributed by atoms with van der Waals surface area (Å²) in [4.78, 5) is 8.39. The lowest BCUT2D eigenvalue weighted by Gasteiger charge is -2.24. The van der Waals surface area contributed by atoms with Gasteiger partial charge in [0, 0.05) is 7.05 Å². The second-order valence-electron chi connectivity index (χ2n) is 5.07. The number of nitrogens with zero attached hydrogens (tertiary/aromatic N) is 2. The molecule has 3 N–H and O–H groups in total. The molecule has 0 aromatic carbocycles. The molecular weight excluding hydrogens is 224 g/mol. The van der Waals surface area contributed by atoms with Crippen LogP contribution >= 0.6 is 0 Å². The van der Waals surface area contributed by atoms with E-state index in [2.05, 4.69) is 42.6 Å². The zero-order chi connectivity index (χ0) is 13.7. The Kier molecular flexibility index (Phi) is 5.13. The molecule has 0 saturated carbocycles. The molecule has 1 aromatic rings. The standard InChI is InChI=1S/C14H24N4/c1-6-11(9(2)3)10(4)7-12-13(15)14(16-5)18-8-17-12/h6,8-11H,1,7,15H2,2-5H3,(H,16,17,18). The molecule has 1 aromatic heterocycles. The summed E-state index contributed by atoms with van der Waals surface area (Å²) in [6.45, 7) is 10.6. The largest absolute Gasteiger partial charge is 0.394 e. The first-order chi connectivity index (χ1) is 8.51. The van der Waals surface area contributed by atoms with Gasteiger partial charge in [0.25, 0.3) is 0 Å². The van der Waals surface area contributed by atoms with Gasteiger partial charge in [-0.2, -0.15) is 0 Å². The number of nitrogen functional groups attached to an aromatic ring is 1. The lowest BCUT2D eigenvalue weighted by Crippen LogP contribution is -2.19. The van der Waals surface area contributed by atoms with Crippen LogP contribution in [0.2, 0.25) is 0 Å². The summed E-state index contributed by atoms with van der Waals surface area (Å²) >= 11 is 0. The summed E-state index contributed by atoms with van der Waals surface area (Å²) in [5, 5.41) is 2.98. The minimum Gasteiger partial charge on any atom is -0.394 e. The van der Waals surface area contributed by atoms with Gasteiger partial charge in [-0.05, 0) is 24.2 Å². The highest BCUT2D eigenvalue weighted by molar-refractivity contribution is 5.63. The van der Waals surface area contributed by atoms with Crippen molar-refractivity contribution in [3.63, 3.8) is 0 Å². The van der Waals surface area contributed by atoms with Crippen LogP contribution in [0.5, 0.6) is 0 Å². The topological polar surface area (TPSA) is 63.8 Å². The SMILES string of the molecule is C=CC(C(C)C)C(C)Cc1ncnc(NC)c1N. The quantitative estimate of drug-likeness (QED) is 0.760. The fourth-order valence-electron chi connectivity index (χ4n) is 2.40. The second kappa shape index (κ2) is 6.38. The predicted octanol–water partition coefficient (Wildman–Crippen LogP) is 2.74. The first-order valence-electron chi connectivity index (χ1n) is 6.40. The Labute approximate surface area is 110 Å². The highest BCUT2D eigenvalue weighted by Crippen LogP contribution is 2.27. The molecule has 0 fully saturated rings. The average molecular weight is 248 g/mol. The highest BCUT2D eigenvalue weighted by atomic mass is 15.0. The first kappa shape index (κ1) is 14.5. The molecule has 1 rings (SSSR count). The Morgan fingerprint density at radius 2 is 2.06 bits per heavy atom. The van der Waals surface area contributed by atoms with Gasteiger partial charge in [0.1, 0.15) is 6.33 Å². The molecule has 4 heteroatoms. The fourth-order valence-corrected chi connectivity index (χ4v) is 2.40. The zero-order valence-corrected chi connectivity index (χ0v) is 11.8. The van der Waals surface area contributed by atoms with Gasteiger partial charge in [-0.3, -0.25) is 0 Å². The van der Waals surface area contributed by atoms with Crippen LogP contribution in [0.1, 0.15) is 26.5 Å². The van der Waals surface area contributed by atoms with Gasteiger partial charge in [-0.1, -0.05) is 26.8 Å². The maximum atomic E-state index is 6.05. The van der Waals surface area contributed by atoms with E-state index in [4.69, 9.17) is 5.73 Å². The molecule has 0 aliphatic rings. The minimum atomic E-state index is 0.462. The molecule has 0 radical (unpaired) electrons. The number of nitrogens with one attached hydrogen (secondary N) is 1. The average Bonchev–Trinajstić information content (AvgIpc) is 2.32. The van der Waals surface area contributed by atoms with E-state index in [0.29, 0.717) is 29.3 Å². The van der Waals surface area contributed by atoms with Crippen molar-refractivity contribution >= 4 is 11.5 Å². The first-order valence-corrected chi connectivity index (χ1v) is 6.40. The monoisotopic (exact) mass is 248 g/mol. The van der Waals surface area contributed by atoms with Crippen LogP contribution in [0, 0.1) is 17.8 Å². The molecule has 1 heterocycles. The van der Waals surface area contributed by atoms with Crippen molar-refractivity contribution in [2.45, 2.75) is 27.2 Å². The molecule has 0 amide bonds. The highest BCUT2D eigenvalue weighted by Gasteiger charge is 2.20. The number of anilines is 2. The van der Waals surface area contributed by atoms with Crippen molar-refractivity contribution in [2.24, 2.45) is 17.8 Å². The third-order valence-corrected chi connectivity index (χ3v) is 3.42. The number of nitrogens with two attached hydrogens (primary N) is 1. The molecule has 0 spiro atoms. The van der Waals surface area contributed by atoms with Crippen LogP contribution in [-0.4, -0.2) is 17.0 Å². The minimum absolute atomic E-state index is 0.462. The van der Waals surface area contributed by atoms with Crippen LogP contribution < -0.4 is 11.1 Å². The number of hydrogen-bond acceptors (Lipinski definition) is 4. The van der Waals surface area contributed by atoms with E-state index in [1.165, 1.54) is 0 Å². The van der Waals surface area contributed by atoms with Crippen molar-refractivity contribution in [1.82, 2.24) is 9.97 Å². The Morgan fingerprint density at radius 1 is 1.39 bits per heavy atom.